The maximum Gasteiger partial charge on any atom is 0.240 e. The molecule has 0 heterocycles. The van der Waals surface area contributed by atoms with Gasteiger partial charge in [0, 0.05) is 6.04 Å². The molecule has 1 amide bonds. The van der Waals surface area contributed by atoms with Crippen LogP contribution in [0.25, 0.3) is 0 Å². The summed E-state index contributed by atoms with van der Waals surface area (Å²) >= 11 is 0. The number of carbonyl (C=O) groups is 1. The summed E-state index contributed by atoms with van der Waals surface area (Å²) in [5.41, 5.74) is 7.79. The van der Waals surface area contributed by atoms with E-state index >= 15 is 0 Å². The largest absolute Gasteiger partial charge is 0.352 e. The molecule has 2 unspecified atom stereocenters. The first-order chi connectivity index (χ1) is 8.86. The van der Waals surface area contributed by atoms with Gasteiger partial charge < -0.3 is 11.1 Å². The molecule has 20 heavy (non-hydrogen) atoms. The van der Waals surface area contributed by atoms with E-state index in [9.17, 15) is 4.79 Å². The Labute approximate surface area is 128 Å². The number of hydrogen-bond donors (Lipinski definition) is 2. The number of hydrogen-bond acceptors (Lipinski definition) is 2. The number of rotatable bonds is 6. The van der Waals surface area contributed by atoms with Crippen molar-refractivity contribution in [1.29, 1.82) is 0 Å². The SMILES string of the molecule is CCCC(C)(N)C(=O)NC(C)Cc1ccccc1C.Cl. The summed E-state index contributed by atoms with van der Waals surface area (Å²) < 4.78 is 0. The highest BCUT2D eigenvalue weighted by Crippen LogP contribution is 2.12. The van der Waals surface area contributed by atoms with Crippen molar-refractivity contribution in [2.45, 2.75) is 58.5 Å². The van der Waals surface area contributed by atoms with Crippen LogP contribution in [0.5, 0.6) is 0 Å². The molecule has 1 aromatic carbocycles. The Morgan fingerprint density at radius 2 is 2.00 bits per heavy atom. The average Bonchev–Trinajstić information content (AvgIpc) is 2.32. The number of halogens is 1. The van der Waals surface area contributed by atoms with Crippen LogP contribution in [0.4, 0.5) is 0 Å². The molecular formula is C16H27ClN2O. The van der Waals surface area contributed by atoms with Crippen molar-refractivity contribution in [3.05, 3.63) is 35.4 Å². The summed E-state index contributed by atoms with van der Waals surface area (Å²) in [6, 6.07) is 8.34. The summed E-state index contributed by atoms with van der Waals surface area (Å²) in [6.45, 7) is 7.95. The van der Waals surface area contributed by atoms with E-state index in [0.717, 1.165) is 12.8 Å². The van der Waals surface area contributed by atoms with E-state index in [1.807, 2.05) is 26.0 Å². The molecule has 0 spiro atoms. The Kier molecular flexibility index (Phi) is 7.84. The second-order valence-corrected chi connectivity index (χ2v) is 5.67. The van der Waals surface area contributed by atoms with Crippen molar-refractivity contribution in [3.63, 3.8) is 0 Å². The van der Waals surface area contributed by atoms with Crippen LogP contribution in [0.1, 0.15) is 44.7 Å². The zero-order valence-electron chi connectivity index (χ0n) is 12.9. The van der Waals surface area contributed by atoms with E-state index in [4.69, 9.17) is 5.73 Å². The van der Waals surface area contributed by atoms with Crippen LogP contribution in [0.3, 0.4) is 0 Å². The number of amides is 1. The highest BCUT2D eigenvalue weighted by Gasteiger charge is 2.27. The molecule has 0 bridgehead atoms. The Morgan fingerprint density at radius 1 is 1.40 bits per heavy atom. The first kappa shape index (κ1) is 18.9. The predicted octanol–water partition coefficient (Wildman–Crippen LogP) is 2.98. The van der Waals surface area contributed by atoms with Crippen LogP contribution in [-0.2, 0) is 11.2 Å². The predicted molar refractivity (Wildman–Crippen MR) is 87.2 cm³/mol. The Balaban J connectivity index is 0.00000361. The first-order valence-corrected chi connectivity index (χ1v) is 7.01. The van der Waals surface area contributed by atoms with Gasteiger partial charge in [0.05, 0.1) is 5.54 Å². The highest BCUT2D eigenvalue weighted by atomic mass is 35.5. The lowest BCUT2D eigenvalue weighted by Gasteiger charge is -2.25. The van der Waals surface area contributed by atoms with Crippen molar-refractivity contribution in [2.24, 2.45) is 5.73 Å². The summed E-state index contributed by atoms with van der Waals surface area (Å²) in [7, 11) is 0. The van der Waals surface area contributed by atoms with Gasteiger partial charge in [0.2, 0.25) is 5.91 Å². The van der Waals surface area contributed by atoms with Crippen molar-refractivity contribution in [3.8, 4) is 0 Å². The molecule has 0 saturated carbocycles. The molecule has 0 saturated heterocycles. The minimum atomic E-state index is -0.769. The second kappa shape index (κ2) is 8.28. The van der Waals surface area contributed by atoms with Gasteiger partial charge in [0.15, 0.2) is 0 Å². The van der Waals surface area contributed by atoms with E-state index in [1.54, 1.807) is 6.92 Å². The van der Waals surface area contributed by atoms with Crippen molar-refractivity contribution in [1.82, 2.24) is 5.32 Å². The van der Waals surface area contributed by atoms with Gasteiger partial charge in [-0.05, 0) is 44.7 Å². The third-order valence-corrected chi connectivity index (χ3v) is 3.45. The maximum atomic E-state index is 12.1. The van der Waals surface area contributed by atoms with Gasteiger partial charge >= 0.3 is 0 Å². The van der Waals surface area contributed by atoms with E-state index in [0.29, 0.717) is 6.42 Å². The van der Waals surface area contributed by atoms with E-state index in [1.165, 1.54) is 11.1 Å². The van der Waals surface area contributed by atoms with Gasteiger partial charge in [-0.25, -0.2) is 0 Å². The van der Waals surface area contributed by atoms with Crippen molar-refractivity contribution < 1.29 is 4.79 Å². The van der Waals surface area contributed by atoms with Gasteiger partial charge in [-0.1, -0.05) is 37.6 Å². The van der Waals surface area contributed by atoms with Crippen LogP contribution in [0.15, 0.2) is 24.3 Å². The number of nitrogens with one attached hydrogen (secondary N) is 1. The zero-order valence-corrected chi connectivity index (χ0v) is 13.7. The topological polar surface area (TPSA) is 55.1 Å². The molecule has 0 aliphatic carbocycles. The lowest BCUT2D eigenvalue weighted by molar-refractivity contribution is -0.126. The number of carbonyl (C=O) groups excluding carboxylic acids is 1. The molecule has 0 aliphatic rings. The van der Waals surface area contributed by atoms with Gasteiger partial charge in [-0.2, -0.15) is 0 Å². The third kappa shape index (κ3) is 5.51. The normalized spacial score (nSPS) is 14.8. The lowest BCUT2D eigenvalue weighted by atomic mass is 9.95. The molecule has 0 radical (unpaired) electrons. The lowest BCUT2D eigenvalue weighted by Crippen LogP contribution is -2.53. The number of aryl methyl sites for hydroxylation is 1. The van der Waals surface area contributed by atoms with Crippen LogP contribution in [0.2, 0.25) is 0 Å². The smallest absolute Gasteiger partial charge is 0.240 e. The van der Waals surface area contributed by atoms with Gasteiger partial charge in [0.1, 0.15) is 0 Å². The minimum Gasteiger partial charge on any atom is -0.352 e. The molecule has 0 aliphatic heterocycles. The molecule has 3 nitrogen and oxygen atoms in total. The Morgan fingerprint density at radius 3 is 2.55 bits per heavy atom. The van der Waals surface area contributed by atoms with Gasteiger partial charge in [-0.15, -0.1) is 12.4 Å². The van der Waals surface area contributed by atoms with E-state index in [-0.39, 0.29) is 24.4 Å². The zero-order chi connectivity index (χ0) is 14.5. The van der Waals surface area contributed by atoms with Crippen molar-refractivity contribution >= 4 is 18.3 Å². The first-order valence-electron chi connectivity index (χ1n) is 7.01. The van der Waals surface area contributed by atoms with Gasteiger partial charge in [0.25, 0.3) is 0 Å². The molecule has 2 atom stereocenters. The summed E-state index contributed by atoms with van der Waals surface area (Å²) in [5, 5.41) is 3.02. The number of benzene rings is 1. The summed E-state index contributed by atoms with van der Waals surface area (Å²) in [4.78, 5) is 12.1. The molecular weight excluding hydrogens is 272 g/mol. The monoisotopic (exact) mass is 298 g/mol. The molecule has 3 N–H and O–H groups in total. The molecule has 114 valence electrons. The highest BCUT2D eigenvalue weighted by molar-refractivity contribution is 5.86. The fourth-order valence-electron chi connectivity index (χ4n) is 2.24. The van der Waals surface area contributed by atoms with Gasteiger partial charge in [-0.3, -0.25) is 4.79 Å². The molecule has 4 heteroatoms. The molecule has 0 fully saturated rings. The fourth-order valence-corrected chi connectivity index (χ4v) is 2.24. The number of nitrogens with two attached hydrogens (primary N) is 1. The summed E-state index contributed by atoms with van der Waals surface area (Å²) in [6.07, 6.45) is 2.45. The summed E-state index contributed by atoms with van der Waals surface area (Å²) in [5.74, 6) is -0.0598. The molecule has 1 aromatic rings. The van der Waals surface area contributed by atoms with E-state index < -0.39 is 5.54 Å². The molecule has 0 aromatic heterocycles. The van der Waals surface area contributed by atoms with Crippen LogP contribution < -0.4 is 11.1 Å². The Bertz CT molecular complexity index is 432. The molecule has 1 rings (SSSR count). The fraction of sp³-hybridized carbons (Fsp3) is 0.562. The Hall–Kier alpha value is -1.06. The van der Waals surface area contributed by atoms with E-state index in [2.05, 4.69) is 24.4 Å². The maximum absolute atomic E-state index is 12.1. The quantitative estimate of drug-likeness (QED) is 0.848. The van der Waals surface area contributed by atoms with Crippen LogP contribution in [-0.4, -0.2) is 17.5 Å². The van der Waals surface area contributed by atoms with Crippen molar-refractivity contribution in [2.75, 3.05) is 0 Å². The van der Waals surface area contributed by atoms with Crippen LogP contribution >= 0.6 is 12.4 Å². The third-order valence-electron chi connectivity index (χ3n) is 3.45. The standard InChI is InChI=1S/C16H26N2O.ClH/c1-5-10-16(4,17)15(19)18-13(3)11-14-9-7-6-8-12(14)2;/h6-9,13H,5,10-11,17H2,1-4H3,(H,18,19);1H. The second-order valence-electron chi connectivity index (χ2n) is 5.67. The minimum absolute atomic E-state index is 0. The average molecular weight is 299 g/mol. The van der Waals surface area contributed by atoms with Crippen LogP contribution in [0, 0.1) is 6.92 Å².